The molecule has 0 aliphatic heterocycles. The maximum atomic E-state index is 5.68. The second-order valence-electron chi connectivity index (χ2n) is 8.00. The van der Waals surface area contributed by atoms with Crippen molar-refractivity contribution in [2.75, 3.05) is 13.2 Å². The molecule has 0 amide bonds. The van der Waals surface area contributed by atoms with Crippen LogP contribution in [0.4, 0.5) is 0 Å². The van der Waals surface area contributed by atoms with Crippen molar-refractivity contribution in [2.24, 2.45) is 10.8 Å². The maximum absolute atomic E-state index is 5.68. The molecule has 110 valence electrons. The van der Waals surface area contributed by atoms with Crippen LogP contribution < -0.4 is 0 Å². The normalized spacial score (nSPS) is 13.0. The fourth-order valence-corrected chi connectivity index (χ4v) is 2.00. The molecule has 0 aromatic rings. The monoisotopic (exact) mass is 256 g/mol. The van der Waals surface area contributed by atoms with Gasteiger partial charge in [0.2, 0.25) is 0 Å². The van der Waals surface area contributed by atoms with E-state index in [0.29, 0.717) is 10.8 Å². The van der Waals surface area contributed by atoms with E-state index in [-0.39, 0.29) is 0 Å². The Balaban J connectivity index is 3.13. The first-order valence-electron chi connectivity index (χ1n) is 7.78. The van der Waals surface area contributed by atoms with E-state index in [1.165, 1.54) is 44.9 Å². The molecule has 0 N–H and O–H groups in total. The van der Waals surface area contributed by atoms with E-state index in [2.05, 4.69) is 41.5 Å². The number of unbranched alkanes of at least 4 members (excludes halogenated alkanes) is 3. The van der Waals surface area contributed by atoms with Gasteiger partial charge >= 0.3 is 0 Å². The Bertz CT molecular complexity index is 161. The lowest BCUT2D eigenvalue weighted by atomic mass is 9.89. The molecule has 0 bridgehead atoms. The summed E-state index contributed by atoms with van der Waals surface area (Å²) in [6.07, 6.45) is 9.05. The standard InChI is InChI=1S/C17H36O/c1-16(2,3)12-8-7-10-14-18-15-11-9-13-17(4,5)6/h7-15H2,1-6H3. The van der Waals surface area contributed by atoms with Crippen LogP contribution in [0.1, 0.15) is 86.5 Å². The Hall–Kier alpha value is -0.0400. The Labute approximate surface area is 116 Å². The molecule has 0 rings (SSSR count). The van der Waals surface area contributed by atoms with Crippen molar-refractivity contribution >= 4 is 0 Å². The first-order valence-corrected chi connectivity index (χ1v) is 7.78. The van der Waals surface area contributed by atoms with Gasteiger partial charge < -0.3 is 4.74 Å². The number of hydrogen-bond donors (Lipinski definition) is 0. The Morgan fingerprint density at radius 2 is 0.944 bits per heavy atom. The van der Waals surface area contributed by atoms with Gasteiger partial charge in [-0.3, -0.25) is 0 Å². The van der Waals surface area contributed by atoms with E-state index in [1.807, 2.05) is 0 Å². The van der Waals surface area contributed by atoms with Crippen molar-refractivity contribution in [3.63, 3.8) is 0 Å². The summed E-state index contributed by atoms with van der Waals surface area (Å²) < 4.78 is 5.68. The molecular formula is C17H36O. The minimum Gasteiger partial charge on any atom is -0.381 e. The topological polar surface area (TPSA) is 9.23 Å². The smallest absolute Gasteiger partial charge is 0.0466 e. The van der Waals surface area contributed by atoms with Crippen molar-refractivity contribution in [3.05, 3.63) is 0 Å². The molecule has 0 aromatic carbocycles. The molecular weight excluding hydrogens is 220 g/mol. The van der Waals surface area contributed by atoms with Gasteiger partial charge in [-0.1, -0.05) is 60.8 Å². The van der Waals surface area contributed by atoms with Gasteiger partial charge in [0, 0.05) is 13.2 Å². The van der Waals surface area contributed by atoms with Crippen LogP contribution >= 0.6 is 0 Å². The van der Waals surface area contributed by atoms with Gasteiger partial charge in [-0.05, 0) is 36.5 Å². The van der Waals surface area contributed by atoms with Gasteiger partial charge in [0.15, 0.2) is 0 Å². The van der Waals surface area contributed by atoms with Crippen molar-refractivity contribution in [2.45, 2.75) is 86.5 Å². The highest BCUT2D eigenvalue weighted by Crippen LogP contribution is 2.22. The van der Waals surface area contributed by atoms with Crippen LogP contribution in [0.15, 0.2) is 0 Å². The summed E-state index contributed by atoms with van der Waals surface area (Å²) in [6, 6.07) is 0. The van der Waals surface area contributed by atoms with Crippen molar-refractivity contribution in [1.29, 1.82) is 0 Å². The molecule has 1 heteroatoms. The van der Waals surface area contributed by atoms with Crippen LogP contribution in [0.3, 0.4) is 0 Å². The lowest BCUT2D eigenvalue weighted by Crippen LogP contribution is -2.06. The molecule has 0 heterocycles. The molecule has 0 fully saturated rings. The molecule has 0 aliphatic carbocycles. The van der Waals surface area contributed by atoms with E-state index < -0.39 is 0 Å². The van der Waals surface area contributed by atoms with Crippen LogP contribution in [0.5, 0.6) is 0 Å². The zero-order chi connectivity index (χ0) is 14.1. The third-order valence-corrected chi connectivity index (χ3v) is 3.18. The van der Waals surface area contributed by atoms with Crippen LogP contribution in [0, 0.1) is 10.8 Å². The van der Waals surface area contributed by atoms with Gasteiger partial charge in [-0.2, -0.15) is 0 Å². The maximum Gasteiger partial charge on any atom is 0.0466 e. The van der Waals surface area contributed by atoms with Gasteiger partial charge in [0.05, 0.1) is 0 Å². The highest BCUT2D eigenvalue weighted by molar-refractivity contribution is 4.61. The summed E-state index contributed by atoms with van der Waals surface area (Å²) in [7, 11) is 0. The van der Waals surface area contributed by atoms with Gasteiger partial charge in [0.25, 0.3) is 0 Å². The zero-order valence-corrected chi connectivity index (χ0v) is 13.8. The number of hydrogen-bond acceptors (Lipinski definition) is 1. The lowest BCUT2D eigenvalue weighted by molar-refractivity contribution is 0.123. The van der Waals surface area contributed by atoms with E-state index in [0.717, 1.165) is 13.2 Å². The van der Waals surface area contributed by atoms with Crippen LogP contribution in [-0.4, -0.2) is 13.2 Å². The van der Waals surface area contributed by atoms with Crippen LogP contribution in [0.2, 0.25) is 0 Å². The molecule has 0 saturated carbocycles. The van der Waals surface area contributed by atoms with Crippen molar-refractivity contribution in [1.82, 2.24) is 0 Å². The first kappa shape index (κ1) is 18.0. The second kappa shape index (κ2) is 8.96. The minimum absolute atomic E-state index is 0.479. The SMILES string of the molecule is CC(C)(C)CCCCCOCCCCC(C)(C)C. The fraction of sp³-hybridized carbons (Fsp3) is 1.00. The summed E-state index contributed by atoms with van der Waals surface area (Å²) in [6.45, 7) is 15.8. The summed E-state index contributed by atoms with van der Waals surface area (Å²) in [5.74, 6) is 0. The first-order chi connectivity index (χ1) is 8.21. The molecule has 0 saturated heterocycles. The second-order valence-corrected chi connectivity index (χ2v) is 8.00. The molecule has 0 spiro atoms. The largest absolute Gasteiger partial charge is 0.381 e. The number of rotatable bonds is 9. The average Bonchev–Trinajstić information content (AvgIpc) is 2.17. The average molecular weight is 256 g/mol. The summed E-state index contributed by atoms with van der Waals surface area (Å²) >= 11 is 0. The molecule has 18 heavy (non-hydrogen) atoms. The minimum atomic E-state index is 0.479. The van der Waals surface area contributed by atoms with E-state index in [4.69, 9.17) is 4.74 Å². The Morgan fingerprint density at radius 1 is 0.556 bits per heavy atom. The zero-order valence-electron chi connectivity index (χ0n) is 13.8. The highest BCUT2D eigenvalue weighted by Gasteiger charge is 2.09. The highest BCUT2D eigenvalue weighted by atomic mass is 16.5. The quantitative estimate of drug-likeness (QED) is 0.472. The lowest BCUT2D eigenvalue weighted by Gasteiger charge is -2.18. The van der Waals surface area contributed by atoms with E-state index in [1.54, 1.807) is 0 Å². The van der Waals surface area contributed by atoms with E-state index >= 15 is 0 Å². The van der Waals surface area contributed by atoms with E-state index in [9.17, 15) is 0 Å². The van der Waals surface area contributed by atoms with Crippen molar-refractivity contribution in [3.8, 4) is 0 Å². The molecule has 0 radical (unpaired) electrons. The molecule has 0 unspecified atom stereocenters. The van der Waals surface area contributed by atoms with Crippen LogP contribution in [-0.2, 0) is 4.74 Å². The molecule has 1 nitrogen and oxygen atoms in total. The Morgan fingerprint density at radius 3 is 1.39 bits per heavy atom. The molecule has 0 aromatic heterocycles. The van der Waals surface area contributed by atoms with Gasteiger partial charge in [-0.15, -0.1) is 0 Å². The Kier molecular flexibility index (Phi) is 8.94. The molecule has 0 aliphatic rings. The summed E-state index contributed by atoms with van der Waals surface area (Å²) in [5.41, 5.74) is 0.973. The predicted octanol–water partition coefficient (Wildman–Crippen LogP) is 5.83. The predicted molar refractivity (Wildman–Crippen MR) is 82.0 cm³/mol. The summed E-state index contributed by atoms with van der Waals surface area (Å²) in [4.78, 5) is 0. The molecule has 0 atom stereocenters. The third kappa shape index (κ3) is 16.0. The fourth-order valence-electron chi connectivity index (χ4n) is 2.00. The number of ether oxygens (including phenoxy) is 1. The van der Waals surface area contributed by atoms with Crippen molar-refractivity contribution < 1.29 is 4.74 Å². The van der Waals surface area contributed by atoms with Gasteiger partial charge in [0.1, 0.15) is 0 Å². The van der Waals surface area contributed by atoms with Crippen LogP contribution in [0.25, 0.3) is 0 Å². The summed E-state index contributed by atoms with van der Waals surface area (Å²) in [5, 5.41) is 0. The third-order valence-electron chi connectivity index (χ3n) is 3.18. The van der Waals surface area contributed by atoms with Gasteiger partial charge in [-0.25, -0.2) is 0 Å².